The number of hydrogen-bond donors (Lipinski definition) is 1. The van der Waals surface area contributed by atoms with E-state index in [1.165, 1.54) is 28.6 Å². The number of hydrogen-bond acceptors (Lipinski definition) is 4. The van der Waals surface area contributed by atoms with Crippen LogP contribution in [0.25, 0.3) is 0 Å². The quantitative estimate of drug-likeness (QED) is 0.350. The summed E-state index contributed by atoms with van der Waals surface area (Å²) in [6.07, 6.45) is 1.78. The van der Waals surface area contributed by atoms with Crippen LogP contribution in [0.1, 0.15) is 19.3 Å². The minimum absolute atomic E-state index is 0.0633. The van der Waals surface area contributed by atoms with Gasteiger partial charge in [-0.1, -0.05) is 64.4 Å². The van der Waals surface area contributed by atoms with E-state index in [1.54, 1.807) is 0 Å². The van der Waals surface area contributed by atoms with Gasteiger partial charge in [0.05, 0.1) is 20.0 Å². The third-order valence-electron chi connectivity index (χ3n) is 4.42. The van der Waals surface area contributed by atoms with Gasteiger partial charge in [-0.05, 0) is 37.1 Å². The van der Waals surface area contributed by atoms with Crippen LogP contribution in [0.5, 0.6) is 5.75 Å². The maximum absolute atomic E-state index is 12.7. The molecule has 162 valence electrons. The normalized spacial score (nSPS) is 15.1. The summed E-state index contributed by atoms with van der Waals surface area (Å²) in [5.74, 6) is -0.250. The van der Waals surface area contributed by atoms with Crippen molar-refractivity contribution in [1.82, 2.24) is 4.31 Å². The van der Waals surface area contributed by atoms with Gasteiger partial charge in [-0.3, -0.25) is 5.32 Å². The Morgan fingerprint density at radius 3 is 1.87 bits per heavy atom. The Bertz CT molecular complexity index is 1040. The lowest BCUT2D eigenvalue weighted by molar-refractivity contribution is 0.215. The predicted molar refractivity (Wildman–Crippen MR) is 120 cm³/mol. The molecule has 0 unspecified atom stereocenters. The number of anilines is 1. The Hall–Kier alpha value is -0.930. The van der Waals surface area contributed by atoms with Gasteiger partial charge in [0, 0.05) is 18.8 Å². The topological polar surface area (TPSA) is 75.7 Å². The highest BCUT2D eigenvalue weighted by atomic mass is 35.5. The van der Waals surface area contributed by atoms with Crippen molar-refractivity contribution in [2.75, 3.05) is 18.4 Å². The molecule has 2 aromatic rings. The van der Waals surface area contributed by atoms with E-state index < -0.39 is 16.1 Å². The Balaban J connectivity index is 1.73. The smallest absolute Gasteiger partial charge is 0.407 e. The van der Waals surface area contributed by atoms with Gasteiger partial charge in [0.25, 0.3) is 0 Å². The number of nitrogens with zero attached hydrogens (tertiary/aromatic N) is 1. The zero-order valence-electron chi connectivity index (χ0n) is 15.2. The molecule has 3 rings (SSSR count). The first-order valence-electron chi connectivity index (χ1n) is 8.73. The lowest BCUT2D eigenvalue weighted by Gasteiger charge is -2.25. The van der Waals surface area contributed by atoms with E-state index in [0.717, 1.165) is 19.3 Å². The van der Waals surface area contributed by atoms with Crippen molar-refractivity contribution in [3.8, 4) is 5.75 Å². The number of nitrogens with one attached hydrogen (secondary N) is 1. The van der Waals surface area contributed by atoms with Crippen LogP contribution in [0.2, 0.25) is 25.1 Å². The van der Waals surface area contributed by atoms with Crippen LogP contribution in [-0.4, -0.2) is 31.9 Å². The van der Waals surface area contributed by atoms with Crippen molar-refractivity contribution < 1.29 is 17.9 Å². The second kappa shape index (κ2) is 9.69. The standard InChI is InChI=1S/C18H15Cl5N2O4S/c19-12-13(20)15(22)17(16(23)14(12)21)29-18(26)24-10-4-6-11(7-5-10)30(27,28)25-8-2-1-3-9-25/h4-7H,1-3,8-9H2,(H,24,26). The maximum Gasteiger partial charge on any atom is 0.417 e. The van der Waals surface area contributed by atoms with Gasteiger partial charge >= 0.3 is 6.09 Å². The first kappa shape index (κ1) is 23.7. The zero-order valence-corrected chi connectivity index (χ0v) is 19.8. The number of ether oxygens (including phenoxy) is 1. The average molecular weight is 533 g/mol. The van der Waals surface area contributed by atoms with E-state index in [-0.39, 0.29) is 35.8 Å². The molecule has 1 saturated heterocycles. The van der Waals surface area contributed by atoms with Gasteiger partial charge in [-0.15, -0.1) is 0 Å². The monoisotopic (exact) mass is 530 g/mol. The zero-order chi connectivity index (χ0) is 22.1. The van der Waals surface area contributed by atoms with E-state index in [9.17, 15) is 13.2 Å². The van der Waals surface area contributed by atoms with Crippen LogP contribution in [-0.2, 0) is 10.0 Å². The molecule has 0 aromatic heterocycles. The van der Waals surface area contributed by atoms with E-state index in [4.69, 9.17) is 62.7 Å². The van der Waals surface area contributed by atoms with E-state index >= 15 is 0 Å². The average Bonchev–Trinajstić information content (AvgIpc) is 2.75. The summed E-state index contributed by atoms with van der Waals surface area (Å²) in [4.78, 5) is 12.4. The lowest BCUT2D eigenvalue weighted by atomic mass is 10.2. The summed E-state index contributed by atoms with van der Waals surface area (Å²) in [6.45, 7) is 1.00. The van der Waals surface area contributed by atoms with Crippen LogP contribution < -0.4 is 10.1 Å². The molecule has 1 aliphatic heterocycles. The molecule has 0 bridgehead atoms. The molecule has 1 fully saturated rings. The molecule has 1 heterocycles. The molecule has 1 aliphatic rings. The first-order valence-corrected chi connectivity index (χ1v) is 12.1. The number of halogens is 5. The molecule has 0 spiro atoms. The summed E-state index contributed by atoms with van der Waals surface area (Å²) in [5.41, 5.74) is 0.302. The fourth-order valence-corrected chi connectivity index (χ4v) is 5.59. The number of amides is 1. The van der Waals surface area contributed by atoms with Gasteiger partial charge in [0.2, 0.25) is 10.0 Å². The van der Waals surface area contributed by atoms with Crippen molar-refractivity contribution in [2.45, 2.75) is 24.2 Å². The van der Waals surface area contributed by atoms with Gasteiger partial charge in [-0.2, -0.15) is 4.31 Å². The highest BCUT2D eigenvalue weighted by molar-refractivity contribution is 7.89. The third kappa shape index (κ3) is 4.93. The minimum Gasteiger partial charge on any atom is -0.407 e. The van der Waals surface area contributed by atoms with Crippen LogP contribution in [0, 0.1) is 0 Å². The van der Waals surface area contributed by atoms with Crippen LogP contribution >= 0.6 is 58.0 Å². The van der Waals surface area contributed by atoms with Crippen LogP contribution in [0.4, 0.5) is 10.5 Å². The Morgan fingerprint density at radius 1 is 0.833 bits per heavy atom. The van der Waals surface area contributed by atoms with Gasteiger partial charge in [0.15, 0.2) is 5.75 Å². The highest BCUT2D eigenvalue weighted by Crippen LogP contribution is 2.48. The lowest BCUT2D eigenvalue weighted by Crippen LogP contribution is -2.35. The Labute approximate surface area is 199 Å². The Morgan fingerprint density at radius 2 is 1.33 bits per heavy atom. The molecule has 6 nitrogen and oxygen atoms in total. The molecule has 1 amide bonds. The van der Waals surface area contributed by atoms with Gasteiger partial charge in [0.1, 0.15) is 10.0 Å². The molecule has 1 N–H and O–H groups in total. The van der Waals surface area contributed by atoms with Crippen molar-refractivity contribution in [2.24, 2.45) is 0 Å². The number of sulfonamides is 1. The van der Waals surface area contributed by atoms with Crippen LogP contribution in [0.3, 0.4) is 0 Å². The molecule has 0 atom stereocenters. The summed E-state index contributed by atoms with van der Waals surface area (Å²) >= 11 is 29.9. The summed E-state index contributed by atoms with van der Waals surface area (Å²) in [6, 6.07) is 5.72. The number of carbonyl (C=O) groups excluding carboxylic acids is 1. The molecular formula is C18H15Cl5N2O4S. The van der Waals surface area contributed by atoms with Gasteiger partial charge < -0.3 is 4.74 Å². The second-order valence-electron chi connectivity index (χ2n) is 6.40. The van der Waals surface area contributed by atoms with Crippen molar-refractivity contribution >= 4 is 79.8 Å². The van der Waals surface area contributed by atoms with E-state index in [1.807, 2.05) is 0 Å². The SMILES string of the molecule is O=C(Nc1ccc(S(=O)(=O)N2CCCCC2)cc1)Oc1c(Cl)c(Cl)c(Cl)c(Cl)c1Cl. The second-order valence-corrected chi connectivity index (χ2v) is 10.2. The molecule has 30 heavy (non-hydrogen) atoms. The van der Waals surface area contributed by atoms with E-state index in [2.05, 4.69) is 5.32 Å². The van der Waals surface area contributed by atoms with Gasteiger partial charge in [-0.25, -0.2) is 13.2 Å². The fourth-order valence-electron chi connectivity index (χ4n) is 2.87. The largest absolute Gasteiger partial charge is 0.417 e. The number of piperidine rings is 1. The minimum atomic E-state index is -3.57. The number of carbonyl (C=O) groups is 1. The number of benzene rings is 2. The first-order chi connectivity index (χ1) is 14.1. The third-order valence-corrected chi connectivity index (χ3v) is 8.57. The highest BCUT2D eigenvalue weighted by Gasteiger charge is 2.26. The summed E-state index contributed by atoms with van der Waals surface area (Å²) in [5, 5.41) is 1.83. The fraction of sp³-hybridized carbons (Fsp3) is 0.278. The van der Waals surface area contributed by atoms with Crippen molar-refractivity contribution in [1.29, 1.82) is 0 Å². The molecule has 12 heteroatoms. The molecular weight excluding hydrogens is 518 g/mol. The molecule has 0 saturated carbocycles. The maximum atomic E-state index is 12.7. The number of rotatable bonds is 4. The van der Waals surface area contributed by atoms with Crippen molar-refractivity contribution in [3.63, 3.8) is 0 Å². The summed E-state index contributed by atoms with van der Waals surface area (Å²) in [7, 11) is -3.57. The Kier molecular flexibility index (Phi) is 7.66. The summed E-state index contributed by atoms with van der Waals surface area (Å²) < 4.78 is 31.9. The van der Waals surface area contributed by atoms with E-state index in [0.29, 0.717) is 18.8 Å². The van der Waals surface area contributed by atoms with Crippen LogP contribution in [0.15, 0.2) is 29.2 Å². The molecule has 0 aliphatic carbocycles. The molecule has 0 radical (unpaired) electrons. The molecule has 2 aromatic carbocycles. The van der Waals surface area contributed by atoms with Crippen molar-refractivity contribution in [3.05, 3.63) is 49.4 Å². The predicted octanol–water partition coefficient (Wildman–Crippen LogP) is 6.74.